The van der Waals surface area contributed by atoms with Crippen LogP contribution in [-0.4, -0.2) is 31.2 Å². The molecule has 0 fully saturated rings. The van der Waals surface area contributed by atoms with Crippen LogP contribution in [-0.2, 0) is 20.1 Å². The molecule has 2 heterocycles. The maximum atomic E-state index is 12.1. The molecule has 23 heavy (non-hydrogen) atoms. The van der Waals surface area contributed by atoms with E-state index in [1.807, 2.05) is 24.3 Å². The van der Waals surface area contributed by atoms with Crippen LogP contribution in [0.25, 0.3) is 11.0 Å². The number of rotatable bonds is 6. The minimum absolute atomic E-state index is 0.156. The van der Waals surface area contributed by atoms with Gasteiger partial charge in [-0.15, -0.1) is 6.58 Å². The number of H-pyrrole nitrogens is 1. The average Bonchev–Trinajstić information content (AvgIpc) is 2.91. The molecule has 0 atom stereocenters. The zero-order valence-corrected chi connectivity index (χ0v) is 13.1. The van der Waals surface area contributed by atoms with Gasteiger partial charge in [0.2, 0.25) is 0 Å². The summed E-state index contributed by atoms with van der Waals surface area (Å²) in [5.41, 5.74) is 1.65. The molecule has 6 nitrogen and oxygen atoms in total. The predicted molar refractivity (Wildman–Crippen MR) is 89.9 cm³/mol. The van der Waals surface area contributed by atoms with Crippen molar-refractivity contribution in [2.24, 2.45) is 7.05 Å². The van der Waals surface area contributed by atoms with E-state index >= 15 is 0 Å². The van der Waals surface area contributed by atoms with Crippen molar-refractivity contribution in [2.45, 2.75) is 13.1 Å². The average molecular weight is 309 g/mol. The monoisotopic (exact) mass is 309 g/mol. The summed E-state index contributed by atoms with van der Waals surface area (Å²) in [7, 11) is 1.78. The summed E-state index contributed by atoms with van der Waals surface area (Å²) in [5, 5.41) is 4.59. The largest absolute Gasteiger partial charge is 0.309 e. The molecule has 1 aromatic carbocycles. The Hall–Kier alpha value is -2.73. The van der Waals surface area contributed by atoms with Crippen LogP contribution in [0.15, 0.2) is 54.0 Å². The molecular formula is C17H19N5O. The first-order chi connectivity index (χ1) is 11.2. The van der Waals surface area contributed by atoms with Gasteiger partial charge in [0, 0.05) is 20.1 Å². The second kappa shape index (κ2) is 6.58. The fourth-order valence-electron chi connectivity index (χ4n) is 2.57. The van der Waals surface area contributed by atoms with Crippen molar-refractivity contribution in [3.8, 4) is 0 Å². The van der Waals surface area contributed by atoms with Gasteiger partial charge >= 0.3 is 0 Å². The molecule has 3 rings (SSSR count). The highest BCUT2D eigenvalue weighted by atomic mass is 16.1. The molecule has 2 aromatic heterocycles. The molecule has 0 saturated heterocycles. The summed E-state index contributed by atoms with van der Waals surface area (Å²) in [4.78, 5) is 21.7. The highest BCUT2D eigenvalue weighted by Gasteiger charge is 2.11. The first-order valence-electron chi connectivity index (χ1n) is 7.45. The van der Waals surface area contributed by atoms with E-state index in [0.29, 0.717) is 29.9 Å². The van der Waals surface area contributed by atoms with Crippen LogP contribution < -0.4 is 5.56 Å². The molecule has 0 amide bonds. The number of aromatic nitrogens is 4. The number of fused-ring (bicyclic) bond motifs is 1. The molecule has 0 unspecified atom stereocenters. The van der Waals surface area contributed by atoms with Gasteiger partial charge < -0.3 is 4.98 Å². The van der Waals surface area contributed by atoms with Crippen molar-refractivity contribution in [3.63, 3.8) is 0 Å². The number of hydrogen-bond acceptors (Lipinski definition) is 4. The smallest absolute Gasteiger partial charge is 0.262 e. The highest BCUT2D eigenvalue weighted by Crippen LogP contribution is 2.09. The van der Waals surface area contributed by atoms with Crippen LogP contribution in [0.4, 0.5) is 0 Å². The van der Waals surface area contributed by atoms with E-state index < -0.39 is 0 Å². The Labute approximate surface area is 134 Å². The Bertz CT molecular complexity index is 866. The molecule has 0 saturated carbocycles. The molecule has 3 aromatic rings. The lowest BCUT2D eigenvalue weighted by atomic mass is 10.2. The molecule has 1 N–H and O–H groups in total. The van der Waals surface area contributed by atoms with Gasteiger partial charge in [0.05, 0.1) is 12.7 Å². The number of nitrogens with one attached hydrogen (secondary N) is 1. The van der Waals surface area contributed by atoms with Gasteiger partial charge in [0.25, 0.3) is 5.56 Å². The van der Waals surface area contributed by atoms with Crippen LogP contribution in [0.2, 0.25) is 0 Å². The molecule has 0 aliphatic heterocycles. The molecular weight excluding hydrogens is 290 g/mol. The molecule has 0 aliphatic rings. The normalized spacial score (nSPS) is 11.2. The van der Waals surface area contributed by atoms with E-state index in [9.17, 15) is 4.79 Å². The summed E-state index contributed by atoms with van der Waals surface area (Å²) in [6, 6.07) is 10.2. The van der Waals surface area contributed by atoms with Crippen LogP contribution >= 0.6 is 0 Å². The van der Waals surface area contributed by atoms with Crippen LogP contribution in [0.3, 0.4) is 0 Å². The fourth-order valence-corrected chi connectivity index (χ4v) is 2.57. The number of aryl methyl sites for hydroxylation is 1. The quantitative estimate of drug-likeness (QED) is 0.706. The van der Waals surface area contributed by atoms with Crippen molar-refractivity contribution < 1.29 is 0 Å². The van der Waals surface area contributed by atoms with Crippen LogP contribution in [0.5, 0.6) is 0 Å². The number of benzene rings is 1. The van der Waals surface area contributed by atoms with Crippen LogP contribution in [0, 0.1) is 0 Å². The zero-order valence-electron chi connectivity index (χ0n) is 13.1. The van der Waals surface area contributed by atoms with E-state index in [2.05, 4.69) is 38.7 Å². The van der Waals surface area contributed by atoms with Gasteiger partial charge in [-0.2, -0.15) is 5.10 Å². The minimum atomic E-state index is -0.156. The van der Waals surface area contributed by atoms with Gasteiger partial charge in [-0.1, -0.05) is 36.4 Å². The Morgan fingerprint density at radius 1 is 1.30 bits per heavy atom. The SMILES string of the molecule is C=CCN(Cc1ccccc1)Cc1nc2c(cnn2C)c(=O)[nH]1. The fraction of sp³-hybridized carbons (Fsp3) is 0.235. The second-order valence-corrected chi connectivity index (χ2v) is 5.46. The molecule has 0 bridgehead atoms. The lowest BCUT2D eigenvalue weighted by Crippen LogP contribution is -2.25. The summed E-state index contributed by atoms with van der Waals surface area (Å²) < 4.78 is 1.61. The van der Waals surface area contributed by atoms with Gasteiger partial charge in [-0.25, -0.2) is 4.98 Å². The molecule has 6 heteroatoms. The second-order valence-electron chi connectivity index (χ2n) is 5.46. The summed E-state index contributed by atoms with van der Waals surface area (Å²) in [6.45, 7) is 5.82. The summed E-state index contributed by atoms with van der Waals surface area (Å²) >= 11 is 0. The highest BCUT2D eigenvalue weighted by molar-refractivity contribution is 5.72. The number of nitrogens with zero attached hydrogens (tertiary/aromatic N) is 4. The van der Waals surface area contributed by atoms with E-state index in [1.54, 1.807) is 11.7 Å². The van der Waals surface area contributed by atoms with Crippen molar-refractivity contribution in [2.75, 3.05) is 6.54 Å². The minimum Gasteiger partial charge on any atom is -0.309 e. The molecule has 0 spiro atoms. The maximum Gasteiger partial charge on any atom is 0.262 e. The number of aromatic amines is 1. The molecule has 118 valence electrons. The third-order valence-corrected chi connectivity index (χ3v) is 3.66. The van der Waals surface area contributed by atoms with Gasteiger partial charge in [0.1, 0.15) is 11.2 Å². The van der Waals surface area contributed by atoms with Gasteiger partial charge in [0.15, 0.2) is 5.65 Å². The van der Waals surface area contributed by atoms with E-state index in [4.69, 9.17) is 0 Å². The molecule has 0 aliphatic carbocycles. The van der Waals surface area contributed by atoms with Crippen molar-refractivity contribution in [3.05, 3.63) is 70.9 Å². The van der Waals surface area contributed by atoms with E-state index in [0.717, 1.165) is 6.54 Å². The lowest BCUT2D eigenvalue weighted by molar-refractivity contribution is 0.278. The van der Waals surface area contributed by atoms with Crippen LogP contribution in [0.1, 0.15) is 11.4 Å². The standard InChI is InChI=1S/C17H19N5O/c1-3-9-22(11-13-7-5-4-6-8-13)12-15-19-16-14(17(23)20-15)10-18-21(16)2/h3-8,10H,1,9,11-12H2,2H3,(H,19,20,23). The summed E-state index contributed by atoms with van der Waals surface area (Å²) in [6.07, 6.45) is 3.39. The Morgan fingerprint density at radius 3 is 2.83 bits per heavy atom. The Kier molecular flexibility index (Phi) is 4.34. The predicted octanol–water partition coefficient (Wildman–Crippen LogP) is 1.84. The third-order valence-electron chi connectivity index (χ3n) is 3.66. The van der Waals surface area contributed by atoms with Gasteiger partial charge in [-0.3, -0.25) is 14.4 Å². The molecule has 0 radical (unpaired) electrons. The van der Waals surface area contributed by atoms with Crippen molar-refractivity contribution in [1.82, 2.24) is 24.6 Å². The topological polar surface area (TPSA) is 66.8 Å². The zero-order chi connectivity index (χ0) is 16.2. The third kappa shape index (κ3) is 3.37. The first-order valence-corrected chi connectivity index (χ1v) is 7.45. The van der Waals surface area contributed by atoms with Gasteiger partial charge in [-0.05, 0) is 5.56 Å². The first kappa shape index (κ1) is 15.2. The Balaban J connectivity index is 1.86. The lowest BCUT2D eigenvalue weighted by Gasteiger charge is -2.20. The van der Waals surface area contributed by atoms with E-state index in [1.165, 1.54) is 11.8 Å². The van der Waals surface area contributed by atoms with Crippen molar-refractivity contribution in [1.29, 1.82) is 0 Å². The number of hydrogen-bond donors (Lipinski definition) is 1. The summed E-state index contributed by atoms with van der Waals surface area (Å²) in [5.74, 6) is 0.629. The van der Waals surface area contributed by atoms with Crippen molar-refractivity contribution >= 4 is 11.0 Å². The van der Waals surface area contributed by atoms with E-state index in [-0.39, 0.29) is 5.56 Å². The Morgan fingerprint density at radius 2 is 2.09 bits per heavy atom. The maximum absolute atomic E-state index is 12.1.